The van der Waals surface area contributed by atoms with Gasteiger partial charge >= 0.3 is 0 Å². The summed E-state index contributed by atoms with van der Waals surface area (Å²) in [6.07, 6.45) is 0. The summed E-state index contributed by atoms with van der Waals surface area (Å²) in [5.41, 5.74) is 8.49. The molecule has 0 unspecified atom stereocenters. The molecule has 0 aliphatic carbocycles. The molecule has 0 saturated carbocycles. The van der Waals surface area contributed by atoms with Crippen LogP contribution in [0.5, 0.6) is 0 Å². The van der Waals surface area contributed by atoms with Gasteiger partial charge in [-0.05, 0) is 24.3 Å². The van der Waals surface area contributed by atoms with Gasteiger partial charge in [-0.3, -0.25) is 4.68 Å². The van der Waals surface area contributed by atoms with E-state index in [0.29, 0.717) is 5.92 Å². The molecule has 0 aliphatic heterocycles. The Hall–Kier alpha value is -0.830. The van der Waals surface area contributed by atoms with Crippen molar-refractivity contribution in [3.05, 3.63) is 17.5 Å². The second-order valence-corrected chi connectivity index (χ2v) is 6.16. The van der Waals surface area contributed by atoms with Crippen LogP contribution in [0.1, 0.15) is 64.9 Å². The Bertz CT molecular complexity index is 343. The van der Waals surface area contributed by atoms with Gasteiger partial charge in [0.25, 0.3) is 0 Å². The Balaban J connectivity index is 3.06. The zero-order valence-corrected chi connectivity index (χ0v) is 11.4. The number of hydrogen-bond donors (Lipinski definition) is 1. The highest BCUT2D eigenvalue weighted by molar-refractivity contribution is 5.16. The molecule has 0 aromatic carbocycles. The van der Waals surface area contributed by atoms with E-state index in [9.17, 15) is 0 Å². The van der Waals surface area contributed by atoms with Gasteiger partial charge in [-0.25, -0.2) is 0 Å². The number of nitrogens with two attached hydrogens (primary N) is 1. The third-order valence-corrected chi connectivity index (χ3v) is 2.51. The van der Waals surface area contributed by atoms with Crippen LogP contribution in [0.3, 0.4) is 0 Å². The van der Waals surface area contributed by atoms with Gasteiger partial charge in [0.1, 0.15) is 0 Å². The molecule has 1 aromatic rings. The molecule has 0 bridgehead atoms. The first-order valence-corrected chi connectivity index (χ1v) is 6.04. The number of nitrogens with zero attached hydrogens (tertiary/aromatic N) is 2. The van der Waals surface area contributed by atoms with Crippen LogP contribution in [0, 0.1) is 5.41 Å². The molecule has 1 aromatic heterocycles. The maximum atomic E-state index is 5.99. The van der Waals surface area contributed by atoms with Crippen molar-refractivity contribution >= 4 is 0 Å². The Morgan fingerprint density at radius 2 is 1.88 bits per heavy atom. The lowest BCUT2D eigenvalue weighted by Gasteiger charge is -2.20. The fraction of sp³-hybridized carbons (Fsp3) is 0.769. The summed E-state index contributed by atoms with van der Waals surface area (Å²) < 4.78 is 2.07. The van der Waals surface area contributed by atoms with Crippen LogP contribution in [0.4, 0.5) is 0 Å². The van der Waals surface area contributed by atoms with Gasteiger partial charge in [-0.15, -0.1) is 0 Å². The average Bonchev–Trinajstić information content (AvgIpc) is 2.44. The molecule has 2 N–H and O–H groups in total. The molecule has 0 spiro atoms. The van der Waals surface area contributed by atoms with Crippen molar-refractivity contribution in [1.29, 1.82) is 0 Å². The molecule has 0 radical (unpaired) electrons. The molecule has 1 atom stereocenters. The molecule has 0 aliphatic rings. The second-order valence-electron chi connectivity index (χ2n) is 6.16. The molecular weight excluding hydrogens is 198 g/mol. The first kappa shape index (κ1) is 13.2. The fourth-order valence-corrected chi connectivity index (χ4v) is 1.68. The summed E-state index contributed by atoms with van der Waals surface area (Å²) in [5, 5.41) is 4.65. The van der Waals surface area contributed by atoms with Crippen molar-refractivity contribution in [3.63, 3.8) is 0 Å². The predicted molar refractivity (Wildman–Crippen MR) is 68.4 cm³/mol. The maximum Gasteiger partial charge on any atom is 0.0653 e. The van der Waals surface area contributed by atoms with Crippen LogP contribution in [0.25, 0.3) is 0 Å². The molecule has 1 heterocycles. The zero-order chi connectivity index (χ0) is 12.5. The van der Waals surface area contributed by atoms with E-state index in [0.717, 1.165) is 17.9 Å². The van der Waals surface area contributed by atoms with E-state index in [1.54, 1.807) is 0 Å². The van der Waals surface area contributed by atoms with Crippen LogP contribution < -0.4 is 5.73 Å². The zero-order valence-electron chi connectivity index (χ0n) is 11.4. The molecule has 0 saturated heterocycles. The Labute approximate surface area is 99.0 Å². The average molecular weight is 223 g/mol. The van der Waals surface area contributed by atoms with Gasteiger partial charge < -0.3 is 5.73 Å². The summed E-state index contributed by atoms with van der Waals surface area (Å²) in [6.45, 7) is 13.9. The third-order valence-electron chi connectivity index (χ3n) is 2.51. The lowest BCUT2D eigenvalue weighted by atomic mass is 9.97. The minimum absolute atomic E-state index is 0.0438. The van der Waals surface area contributed by atoms with Crippen LogP contribution in [-0.2, 0) is 6.54 Å². The van der Waals surface area contributed by atoms with Gasteiger partial charge in [-0.1, -0.05) is 34.6 Å². The summed E-state index contributed by atoms with van der Waals surface area (Å²) in [6, 6.07) is 2.18. The van der Waals surface area contributed by atoms with E-state index in [1.165, 1.54) is 0 Å². The Morgan fingerprint density at radius 1 is 1.31 bits per heavy atom. The molecular formula is C13H25N3. The quantitative estimate of drug-likeness (QED) is 0.855. The Morgan fingerprint density at radius 3 is 2.25 bits per heavy atom. The number of hydrogen-bond acceptors (Lipinski definition) is 2. The summed E-state index contributed by atoms with van der Waals surface area (Å²) >= 11 is 0. The van der Waals surface area contributed by atoms with Crippen LogP contribution in [0.2, 0.25) is 0 Å². The SMILES string of the molecule is CC(C)c1cc([C@@H](C)N)n(CC(C)(C)C)n1. The Kier molecular flexibility index (Phi) is 3.79. The van der Waals surface area contributed by atoms with Crippen molar-refractivity contribution in [3.8, 4) is 0 Å². The van der Waals surface area contributed by atoms with Crippen molar-refractivity contribution in [1.82, 2.24) is 9.78 Å². The van der Waals surface area contributed by atoms with Gasteiger partial charge in [-0.2, -0.15) is 5.10 Å². The van der Waals surface area contributed by atoms with E-state index in [2.05, 4.69) is 50.5 Å². The topological polar surface area (TPSA) is 43.8 Å². The highest BCUT2D eigenvalue weighted by Crippen LogP contribution is 2.23. The summed E-state index contributed by atoms with van der Waals surface area (Å²) in [4.78, 5) is 0. The third kappa shape index (κ3) is 3.34. The standard InChI is InChI=1S/C13H25N3/c1-9(2)11-7-12(10(3)14)16(15-11)8-13(4,5)6/h7,9-10H,8,14H2,1-6H3/t10-/m1/s1. The summed E-state index contributed by atoms with van der Waals surface area (Å²) in [5.74, 6) is 0.457. The first-order chi connectivity index (χ1) is 7.20. The van der Waals surface area contributed by atoms with E-state index in [1.807, 2.05) is 6.92 Å². The van der Waals surface area contributed by atoms with Gasteiger partial charge in [0.2, 0.25) is 0 Å². The fourth-order valence-electron chi connectivity index (χ4n) is 1.68. The minimum Gasteiger partial charge on any atom is -0.323 e. The molecule has 92 valence electrons. The van der Waals surface area contributed by atoms with Gasteiger partial charge in [0.05, 0.1) is 11.4 Å². The second kappa shape index (κ2) is 4.58. The molecule has 3 nitrogen and oxygen atoms in total. The van der Waals surface area contributed by atoms with Crippen molar-refractivity contribution < 1.29 is 0 Å². The van der Waals surface area contributed by atoms with E-state index in [-0.39, 0.29) is 11.5 Å². The van der Waals surface area contributed by atoms with Crippen LogP contribution in [0.15, 0.2) is 6.07 Å². The smallest absolute Gasteiger partial charge is 0.0653 e. The van der Waals surface area contributed by atoms with E-state index >= 15 is 0 Å². The van der Waals surface area contributed by atoms with Crippen molar-refractivity contribution in [2.24, 2.45) is 11.1 Å². The lowest BCUT2D eigenvalue weighted by molar-refractivity contribution is 0.315. The molecule has 16 heavy (non-hydrogen) atoms. The molecule has 1 rings (SSSR count). The van der Waals surface area contributed by atoms with Gasteiger partial charge in [0, 0.05) is 12.6 Å². The molecule has 0 amide bonds. The van der Waals surface area contributed by atoms with Crippen LogP contribution >= 0.6 is 0 Å². The van der Waals surface area contributed by atoms with Crippen molar-refractivity contribution in [2.75, 3.05) is 0 Å². The monoisotopic (exact) mass is 223 g/mol. The number of rotatable bonds is 3. The lowest BCUT2D eigenvalue weighted by Crippen LogP contribution is -2.21. The highest BCUT2D eigenvalue weighted by Gasteiger charge is 2.18. The largest absolute Gasteiger partial charge is 0.323 e. The number of aromatic nitrogens is 2. The first-order valence-electron chi connectivity index (χ1n) is 6.04. The maximum absolute atomic E-state index is 5.99. The van der Waals surface area contributed by atoms with Gasteiger partial charge in [0.15, 0.2) is 0 Å². The molecule has 0 fully saturated rings. The van der Waals surface area contributed by atoms with Crippen molar-refractivity contribution in [2.45, 2.75) is 60.0 Å². The van der Waals surface area contributed by atoms with Crippen LogP contribution in [-0.4, -0.2) is 9.78 Å². The molecule has 3 heteroatoms. The van der Waals surface area contributed by atoms with E-state index < -0.39 is 0 Å². The minimum atomic E-state index is 0.0438. The predicted octanol–water partition coefficient (Wildman–Crippen LogP) is 3.07. The normalized spacial score (nSPS) is 14.5. The highest BCUT2D eigenvalue weighted by atomic mass is 15.3. The van der Waals surface area contributed by atoms with E-state index in [4.69, 9.17) is 5.73 Å². The summed E-state index contributed by atoms with van der Waals surface area (Å²) in [7, 11) is 0.